The monoisotopic (exact) mass is 724 g/mol. The van der Waals surface area contributed by atoms with Gasteiger partial charge in [0.25, 0.3) is 0 Å². The number of benzene rings is 8. The lowest BCUT2D eigenvalue weighted by Gasteiger charge is -2.31. The molecule has 4 heteroatoms. The Hall–Kier alpha value is -7.04. The summed E-state index contributed by atoms with van der Waals surface area (Å²) in [5, 5.41) is 0. The summed E-state index contributed by atoms with van der Waals surface area (Å²) in [6.07, 6.45) is 0. The van der Waals surface area contributed by atoms with E-state index in [1.54, 1.807) is 0 Å². The number of anilines is 6. The summed E-state index contributed by atoms with van der Waals surface area (Å²) in [6.45, 7) is 4.87. The molecule has 10 rings (SSSR count). The highest BCUT2D eigenvalue weighted by molar-refractivity contribution is 6.03. The van der Waals surface area contributed by atoms with Crippen LogP contribution in [-0.2, 0) is 5.41 Å². The van der Waals surface area contributed by atoms with Crippen molar-refractivity contribution in [2.45, 2.75) is 19.3 Å². The van der Waals surface area contributed by atoms with Gasteiger partial charge in [-0.05, 0) is 106 Å². The van der Waals surface area contributed by atoms with Crippen molar-refractivity contribution in [1.29, 1.82) is 0 Å². The smallest absolute Gasteiger partial charge is 0.231 e. The van der Waals surface area contributed by atoms with E-state index in [0.29, 0.717) is 0 Å². The maximum atomic E-state index is 6.29. The highest BCUT2D eigenvalue weighted by atomic mass is 16.7. The predicted molar refractivity (Wildman–Crippen MR) is 230 cm³/mol. The molecule has 8 aromatic carbocycles. The third-order valence-corrected chi connectivity index (χ3v) is 11.2. The second kappa shape index (κ2) is 13.7. The summed E-state index contributed by atoms with van der Waals surface area (Å²) in [7, 11) is 0. The molecule has 8 aromatic rings. The minimum Gasteiger partial charge on any atom is -0.454 e. The first-order valence-electron chi connectivity index (χ1n) is 19.2. The van der Waals surface area contributed by atoms with Crippen molar-refractivity contribution in [3.8, 4) is 44.9 Å². The van der Waals surface area contributed by atoms with Crippen molar-refractivity contribution in [3.05, 3.63) is 205 Å². The van der Waals surface area contributed by atoms with E-state index < -0.39 is 0 Å². The van der Waals surface area contributed by atoms with Crippen LogP contribution in [0.1, 0.15) is 25.0 Å². The molecule has 0 unspecified atom stereocenters. The van der Waals surface area contributed by atoms with E-state index in [-0.39, 0.29) is 12.2 Å². The summed E-state index contributed by atoms with van der Waals surface area (Å²) in [6, 6.07) is 69.3. The van der Waals surface area contributed by atoms with Gasteiger partial charge in [-0.2, -0.15) is 0 Å². The second-order valence-corrected chi connectivity index (χ2v) is 14.9. The van der Waals surface area contributed by atoms with Gasteiger partial charge in [0.05, 0.1) is 5.69 Å². The van der Waals surface area contributed by atoms with Crippen LogP contribution >= 0.6 is 0 Å². The van der Waals surface area contributed by atoms with E-state index in [0.717, 1.165) is 62.3 Å². The van der Waals surface area contributed by atoms with Crippen LogP contribution in [0, 0.1) is 0 Å². The van der Waals surface area contributed by atoms with Gasteiger partial charge in [0, 0.05) is 45.0 Å². The number of nitrogens with zero attached hydrogens (tertiary/aromatic N) is 2. The standard InChI is InChI=1S/C52H40N2O2/c1-52(2)45-26-13-12-24-43(45)49-46(52)32-33-47(50(49)44-25-15-27-48-51(44)56-35-55-48)54(42-23-14-18-37(34-42)36-16-6-3-7-17-36)41-30-28-40(29-31-41)53(38-19-8-4-9-20-38)39-21-10-5-11-22-39/h3-34H,35H2,1-2H3. The van der Waals surface area contributed by atoms with E-state index in [2.05, 4.69) is 212 Å². The predicted octanol–water partition coefficient (Wildman–Crippen LogP) is 14.0. The Bertz CT molecular complexity index is 2650. The third-order valence-electron chi connectivity index (χ3n) is 11.2. The molecule has 2 aliphatic rings. The van der Waals surface area contributed by atoms with Crippen molar-refractivity contribution in [2.24, 2.45) is 0 Å². The molecule has 0 spiro atoms. The molecule has 0 saturated heterocycles. The molecule has 56 heavy (non-hydrogen) atoms. The van der Waals surface area contributed by atoms with Crippen LogP contribution in [0.15, 0.2) is 194 Å². The van der Waals surface area contributed by atoms with Crippen LogP contribution in [-0.4, -0.2) is 6.79 Å². The Balaban J connectivity index is 1.22. The van der Waals surface area contributed by atoms with Crippen LogP contribution in [0.25, 0.3) is 33.4 Å². The Morgan fingerprint density at radius 1 is 0.411 bits per heavy atom. The second-order valence-electron chi connectivity index (χ2n) is 14.9. The summed E-state index contributed by atoms with van der Waals surface area (Å²) in [5.74, 6) is 1.54. The zero-order chi connectivity index (χ0) is 37.6. The topological polar surface area (TPSA) is 24.9 Å². The highest BCUT2D eigenvalue weighted by Gasteiger charge is 2.39. The lowest BCUT2D eigenvalue weighted by molar-refractivity contribution is 0.174. The number of ether oxygens (including phenoxy) is 2. The van der Waals surface area contributed by atoms with Crippen LogP contribution in [0.4, 0.5) is 34.1 Å². The molecule has 1 aliphatic heterocycles. The lowest BCUT2D eigenvalue weighted by atomic mass is 9.81. The molecule has 4 nitrogen and oxygen atoms in total. The largest absolute Gasteiger partial charge is 0.454 e. The van der Waals surface area contributed by atoms with Gasteiger partial charge in [0.2, 0.25) is 6.79 Å². The summed E-state index contributed by atoms with van der Waals surface area (Å²) >= 11 is 0. The Morgan fingerprint density at radius 2 is 0.964 bits per heavy atom. The Morgan fingerprint density at radius 3 is 1.68 bits per heavy atom. The number of fused-ring (bicyclic) bond motifs is 4. The van der Waals surface area contributed by atoms with Gasteiger partial charge in [-0.3, -0.25) is 0 Å². The fourth-order valence-electron chi connectivity index (χ4n) is 8.60. The third kappa shape index (κ3) is 5.61. The van der Waals surface area contributed by atoms with Gasteiger partial charge in [0.1, 0.15) is 0 Å². The zero-order valence-corrected chi connectivity index (χ0v) is 31.4. The van der Waals surface area contributed by atoms with E-state index in [4.69, 9.17) is 9.47 Å². The van der Waals surface area contributed by atoms with Gasteiger partial charge < -0.3 is 19.3 Å². The SMILES string of the molecule is CC1(C)c2ccccc2-c2c1ccc(N(c1ccc(N(c3ccccc3)c3ccccc3)cc1)c1cccc(-c3ccccc3)c1)c2-c1cccc2c1OCO2. The summed E-state index contributed by atoms with van der Waals surface area (Å²) < 4.78 is 12.3. The maximum Gasteiger partial charge on any atom is 0.231 e. The van der Waals surface area contributed by atoms with E-state index >= 15 is 0 Å². The average Bonchev–Trinajstić information content (AvgIpc) is 3.83. The number of hydrogen-bond acceptors (Lipinski definition) is 4. The number of rotatable bonds is 8. The fraction of sp³-hybridized carbons (Fsp3) is 0.0769. The van der Waals surface area contributed by atoms with Crippen molar-refractivity contribution in [3.63, 3.8) is 0 Å². The van der Waals surface area contributed by atoms with Crippen molar-refractivity contribution in [1.82, 2.24) is 0 Å². The Kier molecular flexibility index (Phi) is 8.18. The van der Waals surface area contributed by atoms with Gasteiger partial charge in [-0.25, -0.2) is 0 Å². The van der Waals surface area contributed by atoms with Gasteiger partial charge in [-0.15, -0.1) is 0 Å². The highest BCUT2D eigenvalue weighted by Crippen LogP contribution is 2.58. The molecule has 1 heterocycles. The number of para-hydroxylation sites is 3. The zero-order valence-electron chi connectivity index (χ0n) is 31.4. The van der Waals surface area contributed by atoms with Crippen LogP contribution < -0.4 is 19.3 Å². The molecule has 0 radical (unpaired) electrons. The normalized spacial score (nSPS) is 13.2. The molecule has 0 N–H and O–H groups in total. The van der Waals surface area contributed by atoms with Crippen molar-refractivity contribution >= 4 is 34.1 Å². The molecular weight excluding hydrogens is 685 g/mol. The molecule has 0 atom stereocenters. The van der Waals surface area contributed by atoms with Crippen LogP contribution in [0.3, 0.4) is 0 Å². The maximum absolute atomic E-state index is 6.29. The Labute approximate surface area is 328 Å². The molecule has 0 bridgehead atoms. The minimum atomic E-state index is -0.188. The molecule has 0 aromatic heterocycles. The molecule has 0 saturated carbocycles. The first-order valence-corrected chi connectivity index (χ1v) is 19.2. The molecule has 0 fully saturated rings. The van der Waals surface area contributed by atoms with Crippen LogP contribution in [0.5, 0.6) is 11.5 Å². The summed E-state index contributed by atoms with van der Waals surface area (Å²) in [5.41, 5.74) is 15.8. The van der Waals surface area contributed by atoms with E-state index in [1.165, 1.54) is 27.8 Å². The first kappa shape index (κ1) is 33.5. The molecule has 1 aliphatic carbocycles. The van der Waals surface area contributed by atoms with Crippen molar-refractivity contribution in [2.75, 3.05) is 16.6 Å². The van der Waals surface area contributed by atoms with E-state index in [9.17, 15) is 0 Å². The molecule has 270 valence electrons. The van der Waals surface area contributed by atoms with Gasteiger partial charge in [-0.1, -0.05) is 135 Å². The van der Waals surface area contributed by atoms with E-state index in [1.807, 2.05) is 6.07 Å². The van der Waals surface area contributed by atoms with Crippen molar-refractivity contribution < 1.29 is 9.47 Å². The average molecular weight is 725 g/mol. The first-order chi connectivity index (χ1) is 27.6. The molecule has 0 amide bonds. The quantitative estimate of drug-likeness (QED) is 0.156. The lowest BCUT2D eigenvalue weighted by Crippen LogP contribution is -2.16. The fourth-order valence-corrected chi connectivity index (χ4v) is 8.60. The van der Waals surface area contributed by atoms with Gasteiger partial charge in [0.15, 0.2) is 11.5 Å². The summed E-state index contributed by atoms with van der Waals surface area (Å²) in [4.78, 5) is 4.71. The van der Waals surface area contributed by atoms with Gasteiger partial charge >= 0.3 is 0 Å². The molecular formula is C52H40N2O2. The minimum absolute atomic E-state index is 0.188. The number of hydrogen-bond donors (Lipinski definition) is 0. The van der Waals surface area contributed by atoms with Crippen LogP contribution in [0.2, 0.25) is 0 Å².